The first-order valence-electron chi connectivity index (χ1n) is 6.84. The number of carbonyl (C=O) groups is 2. The molecule has 7 nitrogen and oxygen atoms in total. The van der Waals surface area contributed by atoms with Gasteiger partial charge in [-0.15, -0.1) is 0 Å². The normalized spacial score (nSPS) is 9.95. The molecule has 3 N–H and O–H groups in total. The fourth-order valence-corrected chi connectivity index (χ4v) is 1.78. The Hall–Kier alpha value is -2.70. The highest BCUT2D eigenvalue weighted by Gasteiger charge is 2.13. The van der Waals surface area contributed by atoms with E-state index in [4.69, 9.17) is 10.8 Å². The first-order chi connectivity index (χ1) is 10.3. The van der Waals surface area contributed by atoms with Gasteiger partial charge in [0.25, 0.3) is 5.91 Å². The molecule has 0 aliphatic heterocycles. The van der Waals surface area contributed by atoms with Gasteiger partial charge < -0.3 is 15.4 Å². The largest absolute Gasteiger partial charge is 0.481 e. The van der Waals surface area contributed by atoms with Gasteiger partial charge >= 0.3 is 5.97 Å². The van der Waals surface area contributed by atoms with Gasteiger partial charge in [-0.05, 0) is 26.0 Å². The lowest BCUT2D eigenvalue weighted by Crippen LogP contribution is -2.24. The summed E-state index contributed by atoms with van der Waals surface area (Å²) in [6.07, 6.45) is 1.69. The number of nitrogens with zero attached hydrogens (tertiary/aromatic N) is 2. The van der Waals surface area contributed by atoms with E-state index in [0.717, 1.165) is 5.69 Å². The molecule has 2 rings (SSSR count). The number of amides is 1. The zero-order valence-corrected chi connectivity index (χ0v) is 12.8. The van der Waals surface area contributed by atoms with Gasteiger partial charge in [0.15, 0.2) is 0 Å². The van der Waals surface area contributed by atoms with Crippen molar-refractivity contribution in [3.8, 4) is 0 Å². The minimum atomic E-state index is -0.745. The molecule has 0 bridgehead atoms. The number of carbonyl (C=O) groups excluding carboxylic acids is 1. The summed E-state index contributed by atoms with van der Waals surface area (Å²) in [7, 11) is 0. The number of hydrogen-bond donors (Lipinski definition) is 2. The van der Waals surface area contributed by atoms with Crippen LogP contribution in [0.25, 0.3) is 11.0 Å². The Morgan fingerprint density at radius 3 is 2.36 bits per heavy atom. The number of pyridine rings is 2. The number of carboxylic acids is 1. The van der Waals surface area contributed by atoms with Crippen molar-refractivity contribution in [1.82, 2.24) is 9.55 Å². The Balaban J connectivity index is 0.000000422. The van der Waals surface area contributed by atoms with Crippen molar-refractivity contribution >= 4 is 22.9 Å². The first kappa shape index (κ1) is 17.4. The Bertz CT molecular complexity index is 765. The van der Waals surface area contributed by atoms with Crippen LogP contribution in [0.4, 0.5) is 0 Å². The van der Waals surface area contributed by atoms with Crippen molar-refractivity contribution in [1.29, 1.82) is 0 Å². The first-order valence-corrected chi connectivity index (χ1v) is 6.84. The average molecular weight is 305 g/mol. The monoisotopic (exact) mass is 305 g/mol. The Labute approximate surface area is 127 Å². The predicted octanol–water partition coefficient (Wildman–Crippen LogP) is 1.30. The third kappa shape index (κ3) is 3.91. The fraction of sp³-hybridized carbons (Fsp3) is 0.333. The molecular weight excluding hydrogens is 286 g/mol. The van der Waals surface area contributed by atoms with Gasteiger partial charge in [-0.2, -0.15) is 0 Å². The highest BCUT2D eigenvalue weighted by atomic mass is 16.4. The van der Waals surface area contributed by atoms with Crippen LogP contribution in [-0.2, 0) is 11.3 Å². The number of fused-ring (bicyclic) bond motifs is 1. The maximum atomic E-state index is 12.0. The number of aliphatic carboxylic acids is 1. The molecule has 0 saturated heterocycles. The summed E-state index contributed by atoms with van der Waals surface area (Å²) in [4.78, 5) is 36.9. The zero-order valence-electron chi connectivity index (χ0n) is 12.8. The molecule has 118 valence electrons. The standard InChI is InChI=1S/C12H13N3O2.C3H6O2/c1-3-15-6-9(11(13)17)10(16)8-5-4-7(2)14-12(8)15;1-2-3(4)5/h4-6H,3H2,1-2H3,(H2,13,17);2H2,1H3,(H,4,5). The smallest absolute Gasteiger partial charge is 0.303 e. The van der Waals surface area contributed by atoms with E-state index < -0.39 is 11.9 Å². The summed E-state index contributed by atoms with van der Waals surface area (Å²) in [6, 6.07) is 3.42. The quantitative estimate of drug-likeness (QED) is 0.887. The molecule has 22 heavy (non-hydrogen) atoms. The van der Waals surface area contributed by atoms with E-state index in [2.05, 4.69) is 4.98 Å². The summed E-state index contributed by atoms with van der Waals surface area (Å²) in [6.45, 7) is 5.99. The lowest BCUT2D eigenvalue weighted by molar-refractivity contribution is -0.136. The number of aromatic nitrogens is 2. The van der Waals surface area contributed by atoms with E-state index in [1.807, 2.05) is 13.8 Å². The van der Waals surface area contributed by atoms with Gasteiger partial charge in [0, 0.05) is 24.9 Å². The van der Waals surface area contributed by atoms with Crippen LogP contribution in [0.1, 0.15) is 36.3 Å². The number of hydrogen-bond acceptors (Lipinski definition) is 4. The maximum absolute atomic E-state index is 12.0. The van der Waals surface area contributed by atoms with E-state index >= 15 is 0 Å². The predicted molar refractivity (Wildman–Crippen MR) is 82.9 cm³/mol. The minimum Gasteiger partial charge on any atom is -0.481 e. The summed E-state index contributed by atoms with van der Waals surface area (Å²) >= 11 is 0. The van der Waals surface area contributed by atoms with Gasteiger partial charge in [-0.3, -0.25) is 14.4 Å². The molecule has 0 fully saturated rings. The summed E-state index contributed by atoms with van der Waals surface area (Å²) in [5.74, 6) is -1.45. The van der Waals surface area contributed by atoms with Crippen LogP contribution in [-0.4, -0.2) is 26.5 Å². The van der Waals surface area contributed by atoms with Gasteiger partial charge in [-0.1, -0.05) is 6.92 Å². The number of aryl methyl sites for hydroxylation is 2. The van der Waals surface area contributed by atoms with E-state index in [9.17, 15) is 14.4 Å². The molecule has 2 aromatic rings. The highest BCUT2D eigenvalue weighted by molar-refractivity contribution is 5.95. The second-order valence-corrected chi connectivity index (χ2v) is 4.59. The second-order valence-electron chi connectivity index (χ2n) is 4.59. The summed E-state index contributed by atoms with van der Waals surface area (Å²) in [5.41, 5.74) is 6.24. The molecule has 0 atom stereocenters. The third-order valence-corrected chi connectivity index (χ3v) is 2.97. The van der Waals surface area contributed by atoms with Crippen molar-refractivity contribution in [3.63, 3.8) is 0 Å². The summed E-state index contributed by atoms with van der Waals surface area (Å²) < 4.78 is 1.75. The van der Waals surface area contributed by atoms with Crippen molar-refractivity contribution in [2.24, 2.45) is 5.73 Å². The molecule has 0 aliphatic carbocycles. The van der Waals surface area contributed by atoms with Crippen LogP contribution in [0.3, 0.4) is 0 Å². The lowest BCUT2D eigenvalue weighted by atomic mass is 10.1. The van der Waals surface area contributed by atoms with Crippen molar-refractivity contribution in [3.05, 3.63) is 39.8 Å². The van der Waals surface area contributed by atoms with Crippen LogP contribution >= 0.6 is 0 Å². The third-order valence-electron chi connectivity index (χ3n) is 2.97. The van der Waals surface area contributed by atoms with Crippen LogP contribution in [0.5, 0.6) is 0 Å². The molecule has 1 amide bonds. The maximum Gasteiger partial charge on any atom is 0.303 e. The van der Waals surface area contributed by atoms with E-state index in [-0.39, 0.29) is 17.4 Å². The number of rotatable bonds is 3. The van der Waals surface area contributed by atoms with Crippen molar-refractivity contribution < 1.29 is 14.7 Å². The van der Waals surface area contributed by atoms with Crippen LogP contribution in [0, 0.1) is 6.92 Å². The second kappa shape index (κ2) is 7.35. The number of carboxylic acid groups (broad SMARTS) is 1. The van der Waals surface area contributed by atoms with Gasteiger partial charge in [0.1, 0.15) is 11.2 Å². The lowest BCUT2D eigenvalue weighted by Gasteiger charge is -2.09. The average Bonchev–Trinajstić information content (AvgIpc) is 2.47. The highest BCUT2D eigenvalue weighted by Crippen LogP contribution is 2.10. The Morgan fingerprint density at radius 1 is 1.32 bits per heavy atom. The van der Waals surface area contributed by atoms with Gasteiger partial charge in [0.05, 0.1) is 5.39 Å². The molecule has 0 saturated carbocycles. The number of primary amides is 1. The fourth-order valence-electron chi connectivity index (χ4n) is 1.78. The molecular formula is C15H19N3O4. The molecule has 0 radical (unpaired) electrons. The molecule has 0 aromatic carbocycles. The molecule has 2 heterocycles. The SMILES string of the molecule is CCC(=O)O.CCn1cc(C(N)=O)c(=O)c2ccc(C)nc21. The van der Waals surface area contributed by atoms with Gasteiger partial charge in [0.2, 0.25) is 5.43 Å². The zero-order chi connectivity index (χ0) is 16.9. The van der Waals surface area contributed by atoms with E-state index in [1.165, 1.54) is 6.20 Å². The summed E-state index contributed by atoms with van der Waals surface area (Å²) in [5, 5.41) is 8.15. The topological polar surface area (TPSA) is 115 Å². The number of nitrogens with two attached hydrogens (primary N) is 1. The molecule has 7 heteroatoms. The molecule has 0 spiro atoms. The van der Waals surface area contributed by atoms with Crippen molar-refractivity contribution in [2.75, 3.05) is 0 Å². The molecule has 0 aliphatic rings. The van der Waals surface area contributed by atoms with Crippen LogP contribution < -0.4 is 11.2 Å². The van der Waals surface area contributed by atoms with Crippen molar-refractivity contribution in [2.45, 2.75) is 33.7 Å². The van der Waals surface area contributed by atoms with E-state index in [1.54, 1.807) is 23.6 Å². The van der Waals surface area contributed by atoms with Gasteiger partial charge in [-0.25, -0.2) is 4.98 Å². The van der Waals surface area contributed by atoms with E-state index in [0.29, 0.717) is 17.6 Å². The minimum absolute atomic E-state index is 0.00463. The van der Waals surface area contributed by atoms with Crippen LogP contribution in [0.2, 0.25) is 0 Å². The Kier molecular flexibility index (Phi) is 5.80. The Morgan fingerprint density at radius 2 is 1.91 bits per heavy atom. The van der Waals surface area contributed by atoms with Crippen LogP contribution in [0.15, 0.2) is 23.1 Å². The molecule has 2 aromatic heterocycles. The molecule has 0 unspecified atom stereocenters.